The minimum atomic E-state index is -0.347. The van der Waals surface area contributed by atoms with E-state index in [1.165, 1.54) is 11.3 Å². The Bertz CT molecular complexity index is 1280. The number of nitrogens with one attached hydrogen (secondary N) is 2. The Kier molecular flexibility index (Phi) is 7.46. The lowest BCUT2D eigenvalue weighted by molar-refractivity contribution is 0.0952. The first-order valence-corrected chi connectivity index (χ1v) is 11.3. The van der Waals surface area contributed by atoms with Gasteiger partial charge in [0.05, 0.1) is 12.7 Å². The van der Waals surface area contributed by atoms with Gasteiger partial charge in [-0.1, -0.05) is 47.7 Å². The summed E-state index contributed by atoms with van der Waals surface area (Å²) in [6.07, 6.45) is 0.483. The molecule has 4 aromatic rings. The maximum absolute atomic E-state index is 12.8. The maximum Gasteiger partial charge on any atom is 0.261 e. The highest BCUT2D eigenvalue weighted by Crippen LogP contribution is 2.26. The van der Waals surface area contributed by atoms with Crippen molar-refractivity contribution >= 4 is 28.3 Å². The molecule has 0 aliphatic carbocycles. The van der Waals surface area contributed by atoms with E-state index in [9.17, 15) is 9.59 Å². The molecule has 0 fully saturated rings. The molecule has 0 aliphatic heterocycles. The summed E-state index contributed by atoms with van der Waals surface area (Å²) in [5, 5.41) is 14.8. The molecule has 0 radical (unpaired) electrons. The Balaban J connectivity index is 1.32. The van der Waals surface area contributed by atoms with Crippen LogP contribution in [-0.2, 0) is 6.42 Å². The van der Waals surface area contributed by atoms with Gasteiger partial charge in [-0.2, -0.15) is 0 Å². The van der Waals surface area contributed by atoms with E-state index in [2.05, 4.69) is 20.8 Å². The minimum Gasteiger partial charge on any atom is -0.497 e. The zero-order valence-electron chi connectivity index (χ0n) is 18.4. The smallest absolute Gasteiger partial charge is 0.261 e. The number of ether oxygens (including phenoxy) is 2. The van der Waals surface area contributed by atoms with E-state index in [0.717, 1.165) is 0 Å². The lowest BCUT2D eigenvalue weighted by Gasteiger charge is -2.10. The quantitative estimate of drug-likeness (QED) is 0.369. The van der Waals surface area contributed by atoms with Crippen LogP contribution in [-0.4, -0.2) is 35.7 Å². The summed E-state index contributed by atoms with van der Waals surface area (Å²) < 4.78 is 11.0. The molecular formula is C25H22N4O4S. The predicted molar refractivity (Wildman–Crippen MR) is 130 cm³/mol. The van der Waals surface area contributed by atoms with Crippen LogP contribution in [0.2, 0.25) is 0 Å². The zero-order valence-corrected chi connectivity index (χ0v) is 19.2. The number of methoxy groups -OCH3 is 1. The molecule has 0 saturated carbocycles. The Morgan fingerprint density at radius 3 is 2.47 bits per heavy atom. The second-order valence-electron chi connectivity index (χ2n) is 7.10. The number of anilines is 1. The van der Waals surface area contributed by atoms with E-state index in [0.29, 0.717) is 51.5 Å². The highest BCUT2D eigenvalue weighted by atomic mass is 32.1. The van der Waals surface area contributed by atoms with E-state index >= 15 is 0 Å². The number of para-hydroxylation sites is 2. The van der Waals surface area contributed by atoms with Gasteiger partial charge in [-0.3, -0.25) is 14.9 Å². The van der Waals surface area contributed by atoms with Gasteiger partial charge < -0.3 is 14.8 Å². The number of carbonyl (C=O) groups excluding carboxylic acids is 2. The van der Waals surface area contributed by atoms with Crippen molar-refractivity contribution in [2.24, 2.45) is 0 Å². The Hall–Kier alpha value is -4.24. The fourth-order valence-corrected chi connectivity index (χ4v) is 3.81. The molecule has 8 nitrogen and oxygen atoms in total. The average Bonchev–Trinajstić information content (AvgIpc) is 3.32. The SMILES string of the molecule is COc1cccc(C(=O)NCCc2nnc(NC(=O)c3ccccc3Oc3ccccc3)s2)c1. The fourth-order valence-electron chi connectivity index (χ4n) is 3.08. The standard InChI is InChI=1S/C25H22N4O4S/c1-32-19-11-7-8-17(16-19)23(30)26-15-14-22-28-29-25(34-22)27-24(31)20-12-5-6-13-21(20)33-18-9-3-2-4-10-18/h2-13,16H,14-15H2,1H3,(H,26,30)(H,27,29,31). The molecule has 1 heterocycles. The molecule has 0 spiro atoms. The van der Waals surface area contributed by atoms with Crippen molar-refractivity contribution in [3.8, 4) is 17.2 Å². The van der Waals surface area contributed by atoms with Crippen LogP contribution >= 0.6 is 11.3 Å². The van der Waals surface area contributed by atoms with Gasteiger partial charge in [0.25, 0.3) is 11.8 Å². The lowest BCUT2D eigenvalue weighted by atomic mass is 10.2. The third kappa shape index (κ3) is 5.96. The first-order chi connectivity index (χ1) is 16.6. The summed E-state index contributed by atoms with van der Waals surface area (Å²) in [6, 6.07) is 23.2. The van der Waals surface area contributed by atoms with Gasteiger partial charge in [-0.05, 0) is 42.5 Å². The first-order valence-electron chi connectivity index (χ1n) is 10.5. The monoisotopic (exact) mass is 474 g/mol. The molecule has 34 heavy (non-hydrogen) atoms. The lowest BCUT2D eigenvalue weighted by Crippen LogP contribution is -2.25. The molecule has 2 N–H and O–H groups in total. The number of rotatable bonds is 9. The Morgan fingerprint density at radius 1 is 0.882 bits per heavy atom. The van der Waals surface area contributed by atoms with E-state index in [-0.39, 0.29) is 11.8 Å². The summed E-state index contributed by atoms with van der Waals surface area (Å²) in [6.45, 7) is 0.381. The first kappa shape index (κ1) is 22.9. The second kappa shape index (κ2) is 11.1. The number of hydrogen-bond donors (Lipinski definition) is 2. The van der Waals surface area contributed by atoms with E-state index in [1.807, 2.05) is 30.3 Å². The van der Waals surface area contributed by atoms with Crippen LogP contribution in [0, 0.1) is 0 Å². The van der Waals surface area contributed by atoms with E-state index < -0.39 is 0 Å². The number of amides is 2. The number of nitrogens with zero attached hydrogens (tertiary/aromatic N) is 2. The summed E-state index contributed by atoms with van der Waals surface area (Å²) >= 11 is 1.25. The van der Waals surface area contributed by atoms with E-state index in [1.54, 1.807) is 55.6 Å². The molecule has 9 heteroatoms. The van der Waals surface area contributed by atoms with Crippen LogP contribution in [0.4, 0.5) is 5.13 Å². The summed E-state index contributed by atoms with van der Waals surface area (Å²) in [5.74, 6) is 1.15. The van der Waals surface area contributed by atoms with Crippen LogP contribution in [0.15, 0.2) is 78.9 Å². The molecule has 0 bridgehead atoms. The largest absolute Gasteiger partial charge is 0.497 e. The predicted octanol–water partition coefficient (Wildman–Crippen LogP) is 4.56. The molecule has 1 aromatic heterocycles. The molecule has 2 amide bonds. The Morgan fingerprint density at radius 2 is 1.65 bits per heavy atom. The molecule has 0 saturated heterocycles. The average molecular weight is 475 g/mol. The van der Waals surface area contributed by atoms with Crippen LogP contribution in [0.3, 0.4) is 0 Å². The third-order valence-electron chi connectivity index (χ3n) is 4.75. The van der Waals surface area contributed by atoms with Crippen LogP contribution in [0.1, 0.15) is 25.7 Å². The van der Waals surface area contributed by atoms with Gasteiger partial charge in [0.1, 0.15) is 22.3 Å². The van der Waals surface area contributed by atoms with Crippen LogP contribution in [0.25, 0.3) is 0 Å². The van der Waals surface area contributed by atoms with Gasteiger partial charge in [-0.25, -0.2) is 0 Å². The van der Waals surface area contributed by atoms with Crippen LogP contribution < -0.4 is 20.1 Å². The molecule has 4 rings (SSSR count). The van der Waals surface area contributed by atoms with Gasteiger partial charge in [0.15, 0.2) is 0 Å². The molecule has 3 aromatic carbocycles. The zero-order chi connectivity index (χ0) is 23.8. The van der Waals surface area contributed by atoms with Crippen molar-refractivity contribution in [3.63, 3.8) is 0 Å². The normalized spacial score (nSPS) is 10.4. The maximum atomic E-state index is 12.8. The molecule has 0 atom stereocenters. The highest BCUT2D eigenvalue weighted by Gasteiger charge is 2.15. The Labute approximate surface area is 200 Å². The highest BCUT2D eigenvalue weighted by molar-refractivity contribution is 7.15. The summed E-state index contributed by atoms with van der Waals surface area (Å²) in [4.78, 5) is 25.1. The van der Waals surface area contributed by atoms with Crippen LogP contribution in [0.5, 0.6) is 17.2 Å². The van der Waals surface area contributed by atoms with Crippen molar-refractivity contribution in [2.75, 3.05) is 19.0 Å². The third-order valence-corrected chi connectivity index (χ3v) is 5.64. The summed E-state index contributed by atoms with van der Waals surface area (Å²) in [5.41, 5.74) is 0.898. The number of benzene rings is 3. The number of carbonyl (C=O) groups is 2. The molecule has 0 aliphatic rings. The topological polar surface area (TPSA) is 102 Å². The van der Waals surface area contributed by atoms with Crippen molar-refractivity contribution in [3.05, 3.63) is 95.0 Å². The molecular weight excluding hydrogens is 452 g/mol. The number of aromatic nitrogens is 2. The fraction of sp³-hybridized carbons (Fsp3) is 0.120. The van der Waals surface area contributed by atoms with Crippen molar-refractivity contribution in [1.29, 1.82) is 0 Å². The van der Waals surface area contributed by atoms with Gasteiger partial charge in [0, 0.05) is 18.5 Å². The van der Waals surface area contributed by atoms with Crippen molar-refractivity contribution in [1.82, 2.24) is 15.5 Å². The van der Waals surface area contributed by atoms with E-state index in [4.69, 9.17) is 9.47 Å². The van der Waals surface area contributed by atoms with Gasteiger partial charge >= 0.3 is 0 Å². The van der Waals surface area contributed by atoms with Crippen molar-refractivity contribution in [2.45, 2.75) is 6.42 Å². The second-order valence-corrected chi connectivity index (χ2v) is 8.17. The molecule has 172 valence electrons. The van der Waals surface area contributed by atoms with Crippen molar-refractivity contribution < 1.29 is 19.1 Å². The molecule has 0 unspecified atom stereocenters. The summed E-state index contributed by atoms with van der Waals surface area (Å²) in [7, 11) is 1.55. The van der Waals surface area contributed by atoms with Gasteiger partial charge in [-0.15, -0.1) is 10.2 Å². The minimum absolute atomic E-state index is 0.202. The van der Waals surface area contributed by atoms with Gasteiger partial charge in [0.2, 0.25) is 5.13 Å². The number of hydrogen-bond acceptors (Lipinski definition) is 7.